The van der Waals surface area contributed by atoms with Crippen LogP contribution in [0, 0.1) is 17.8 Å². The van der Waals surface area contributed by atoms with E-state index >= 15 is 0 Å². The number of furan rings is 1. The molecule has 35 heavy (non-hydrogen) atoms. The van der Waals surface area contributed by atoms with Crippen molar-refractivity contribution < 1.29 is 9.21 Å². The molecule has 0 atom stereocenters. The van der Waals surface area contributed by atoms with Gasteiger partial charge in [0.2, 0.25) is 0 Å². The van der Waals surface area contributed by atoms with Crippen molar-refractivity contribution in [3.63, 3.8) is 0 Å². The minimum atomic E-state index is -0.357. The average molecular weight is 487 g/mol. The Kier molecular flexibility index (Phi) is 6.46. The second kappa shape index (κ2) is 9.09. The zero-order valence-corrected chi connectivity index (χ0v) is 22.1. The molecule has 0 fully saturated rings. The van der Waals surface area contributed by atoms with Crippen LogP contribution in [0.25, 0.3) is 16.7 Å². The average Bonchev–Trinajstić information content (AvgIpc) is 3.11. The second-order valence-corrected chi connectivity index (χ2v) is 11.4. The summed E-state index contributed by atoms with van der Waals surface area (Å²) in [5.41, 5.74) is 4.48. The maximum atomic E-state index is 13.5. The van der Waals surface area contributed by atoms with Crippen molar-refractivity contribution in [3.8, 4) is 0 Å². The molecule has 1 aliphatic carbocycles. The molecule has 0 bridgehead atoms. The molecule has 2 aromatic carbocycles. The van der Waals surface area contributed by atoms with Crippen LogP contribution in [0.1, 0.15) is 52.9 Å². The van der Waals surface area contributed by atoms with Gasteiger partial charge in [-0.05, 0) is 54.2 Å². The first-order valence-electron chi connectivity index (χ1n) is 11.8. The fraction of sp³-hybridized carbons (Fsp3) is 0.300. The van der Waals surface area contributed by atoms with Gasteiger partial charge in [0.15, 0.2) is 11.5 Å². The number of para-hydroxylation sites is 1. The maximum Gasteiger partial charge on any atom is 0.186 e. The Labute approximate surface area is 212 Å². The molecule has 1 heterocycles. The van der Waals surface area contributed by atoms with E-state index in [1.807, 2.05) is 109 Å². The van der Waals surface area contributed by atoms with Crippen LogP contribution < -0.4 is 0 Å². The summed E-state index contributed by atoms with van der Waals surface area (Å²) in [6.45, 7) is 14.3. The number of carbonyl (C=O) groups excluding carboxylic acids is 1. The highest BCUT2D eigenvalue weighted by atomic mass is 35.5. The van der Waals surface area contributed by atoms with Gasteiger partial charge in [-0.15, -0.1) is 5.11 Å². The Balaban J connectivity index is 2.03. The first-order chi connectivity index (χ1) is 16.4. The lowest BCUT2D eigenvalue weighted by molar-refractivity contribution is -0.114. The Bertz CT molecular complexity index is 1380. The normalized spacial score (nSPS) is 15.1. The number of allylic oxidation sites excluding steroid dienone is 5. The summed E-state index contributed by atoms with van der Waals surface area (Å²) in [6.07, 6.45) is 3.81. The highest BCUT2D eigenvalue weighted by Gasteiger charge is 2.35. The van der Waals surface area contributed by atoms with Crippen LogP contribution in [-0.2, 0) is 4.79 Å². The third-order valence-corrected chi connectivity index (χ3v) is 6.40. The molecule has 0 spiro atoms. The second-order valence-electron chi connectivity index (χ2n) is 11.0. The summed E-state index contributed by atoms with van der Waals surface area (Å²) in [5, 5.41) is 10.4. The lowest BCUT2D eigenvalue weighted by Crippen LogP contribution is -2.28. The van der Waals surface area contributed by atoms with Gasteiger partial charge in [0.1, 0.15) is 11.3 Å². The van der Waals surface area contributed by atoms with Gasteiger partial charge in [0.25, 0.3) is 0 Å². The van der Waals surface area contributed by atoms with Gasteiger partial charge >= 0.3 is 0 Å². The van der Waals surface area contributed by atoms with E-state index in [4.69, 9.17) is 16.0 Å². The number of Topliss-reactive ketones (excluding diaryl/α,β-unsaturated/α-hetero) is 1. The summed E-state index contributed by atoms with van der Waals surface area (Å²) in [5.74, 6) is 0.487. The number of ketones is 1. The molecule has 0 saturated heterocycles. The van der Waals surface area contributed by atoms with E-state index in [1.165, 1.54) is 0 Å². The SMILES string of the molecule is Cc1ccc(N=NC(=C2C=C(C(C)(C)C)C(=O)C(C(C)(C)C)=C2)c2oc3ccccc3c2Cl)cc1. The van der Waals surface area contributed by atoms with E-state index in [1.54, 1.807) is 0 Å². The van der Waals surface area contributed by atoms with Gasteiger partial charge in [-0.1, -0.05) is 83.0 Å². The number of benzene rings is 2. The Morgan fingerprint density at radius 3 is 1.97 bits per heavy atom. The Morgan fingerprint density at radius 2 is 1.43 bits per heavy atom. The van der Waals surface area contributed by atoms with Crippen LogP contribution in [-0.4, -0.2) is 5.78 Å². The Morgan fingerprint density at radius 1 is 0.857 bits per heavy atom. The molecule has 3 aromatic rings. The van der Waals surface area contributed by atoms with Gasteiger partial charge in [0, 0.05) is 22.1 Å². The highest BCUT2D eigenvalue weighted by molar-refractivity contribution is 6.37. The monoisotopic (exact) mass is 486 g/mol. The fourth-order valence-electron chi connectivity index (χ4n) is 4.00. The van der Waals surface area contributed by atoms with Gasteiger partial charge in [-0.3, -0.25) is 4.79 Å². The molecular formula is C30H31ClN2O2. The van der Waals surface area contributed by atoms with E-state index in [0.717, 1.165) is 27.7 Å². The minimum absolute atomic E-state index is 0.0549. The van der Waals surface area contributed by atoms with Crippen molar-refractivity contribution in [2.45, 2.75) is 48.5 Å². The summed E-state index contributed by atoms with van der Waals surface area (Å²) in [4.78, 5) is 13.5. The first-order valence-corrected chi connectivity index (χ1v) is 12.1. The van der Waals surface area contributed by atoms with Crippen molar-refractivity contribution in [1.82, 2.24) is 0 Å². The molecule has 0 N–H and O–H groups in total. The summed E-state index contributed by atoms with van der Waals surface area (Å²) < 4.78 is 6.20. The predicted octanol–water partition coefficient (Wildman–Crippen LogP) is 9.42. The molecule has 0 amide bonds. The smallest absolute Gasteiger partial charge is 0.186 e. The van der Waals surface area contributed by atoms with Crippen LogP contribution in [0.2, 0.25) is 5.02 Å². The molecule has 1 aromatic heterocycles. The van der Waals surface area contributed by atoms with Crippen molar-refractivity contribution in [3.05, 3.63) is 93.7 Å². The minimum Gasteiger partial charge on any atom is -0.453 e. The number of carbonyl (C=O) groups is 1. The molecule has 1 aliphatic rings. The molecule has 0 radical (unpaired) electrons. The van der Waals surface area contributed by atoms with Crippen LogP contribution >= 0.6 is 11.6 Å². The maximum absolute atomic E-state index is 13.5. The van der Waals surface area contributed by atoms with Crippen LogP contribution in [0.4, 0.5) is 5.69 Å². The molecule has 0 saturated carbocycles. The number of halogens is 1. The summed E-state index contributed by atoms with van der Waals surface area (Å²) >= 11 is 6.82. The number of azo groups is 1. The highest BCUT2D eigenvalue weighted by Crippen LogP contribution is 2.43. The molecule has 0 unspecified atom stereocenters. The van der Waals surface area contributed by atoms with E-state index < -0.39 is 0 Å². The van der Waals surface area contributed by atoms with Gasteiger partial charge in [-0.25, -0.2) is 0 Å². The van der Waals surface area contributed by atoms with Crippen molar-refractivity contribution in [1.29, 1.82) is 0 Å². The molecule has 5 heteroatoms. The first kappa shape index (κ1) is 24.9. The third kappa shape index (κ3) is 5.08. The zero-order valence-electron chi connectivity index (χ0n) is 21.4. The molecule has 4 nitrogen and oxygen atoms in total. The van der Waals surface area contributed by atoms with Crippen LogP contribution in [0.15, 0.2) is 92.0 Å². The van der Waals surface area contributed by atoms with Crippen molar-refractivity contribution in [2.75, 3.05) is 0 Å². The number of hydrogen-bond acceptors (Lipinski definition) is 4. The lowest BCUT2D eigenvalue weighted by Gasteiger charge is -2.31. The van der Waals surface area contributed by atoms with E-state index in [-0.39, 0.29) is 16.6 Å². The number of aryl methyl sites for hydroxylation is 1. The van der Waals surface area contributed by atoms with Crippen LogP contribution in [0.5, 0.6) is 0 Å². The quantitative estimate of drug-likeness (QED) is 0.346. The molecular weight excluding hydrogens is 456 g/mol. The van der Waals surface area contributed by atoms with Crippen molar-refractivity contribution >= 4 is 39.7 Å². The number of fused-ring (bicyclic) bond motifs is 1. The Hall–Kier alpha value is -3.24. The lowest BCUT2D eigenvalue weighted by atomic mass is 9.71. The third-order valence-electron chi connectivity index (χ3n) is 6.03. The molecule has 4 rings (SSSR count). The van der Waals surface area contributed by atoms with Gasteiger partial charge in [0.05, 0.1) is 10.7 Å². The number of hydrogen-bond donors (Lipinski definition) is 0. The van der Waals surface area contributed by atoms with E-state index in [9.17, 15) is 4.79 Å². The van der Waals surface area contributed by atoms with E-state index in [2.05, 4.69) is 10.2 Å². The van der Waals surface area contributed by atoms with Gasteiger partial charge in [-0.2, -0.15) is 5.11 Å². The predicted molar refractivity (Wildman–Crippen MR) is 144 cm³/mol. The van der Waals surface area contributed by atoms with E-state index in [0.29, 0.717) is 27.8 Å². The topological polar surface area (TPSA) is 54.9 Å². The number of rotatable bonds is 3. The fourth-order valence-corrected chi connectivity index (χ4v) is 4.28. The summed E-state index contributed by atoms with van der Waals surface area (Å²) in [6, 6.07) is 15.4. The number of nitrogens with zero attached hydrogens (tertiary/aromatic N) is 2. The standard InChI is InChI=1S/C30H31ClN2O2/c1-18-12-14-20(15-13-18)32-33-26(28-25(31)21-10-8-9-11-24(21)35-28)19-16-22(29(2,3)4)27(34)23(17-19)30(5,6)7/h8-17H,1-7H3. The van der Waals surface area contributed by atoms with Crippen LogP contribution in [0.3, 0.4) is 0 Å². The zero-order chi connectivity index (χ0) is 25.5. The molecule has 180 valence electrons. The molecule has 0 aliphatic heterocycles. The summed E-state index contributed by atoms with van der Waals surface area (Å²) in [7, 11) is 0. The van der Waals surface area contributed by atoms with Gasteiger partial charge < -0.3 is 4.42 Å². The van der Waals surface area contributed by atoms with Crippen molar-refractivity contribution in [2.24, 2.45) is 21.1 Å². The largest absolute Gasteiger partial charge is 0.453 e.